The number of hydrogen-bond acceptors (Lipinski definition) is 1. The first-order valence-electron chi connectivity index (χ1n) is 6.57. The van der Waals surface area contributed by atoms with Crippen molar-refractivity contribution in [2.75, 3.05) is 5.32 Å². The first kappa shape index (κ1) is 15.0. The van der Waals surface area contributed by atoms with E-state index in [0.717, 1.165) is 12.8 Å². The monoisotopic (exact) mass is 264 g/mol. The van der Waals surface area contributed by atoms with Crippen LogP contribution in [0.15, 0.2) is 18.2 Å². The lowest BCUT2D eigenvalue weighted by Gasteiger charge is -2.24. The van der Waals surface area contributed by atoms with E-state index in [2.05, 4.69) is 63.5 Å². The van der Waals surface area contributed by atoms with Crippen molar-refractivity contribution in [3.8, 4) is 0 Å². The fourth-order valence-corrected chi connectivity index (χ4v) is 2.30. The van der Waals surface area contributed by atoms with Gasteiger partial charge in [-0.25, -0.2) is 0 Å². The molecule has 0 aliphatic rings. The Kier molecular flexibility index (Phi) is 5.15. The summed E-state index contributed by atoms with van der Waals surface area (Å²) in [6, 6.07) is 6.42. The van der Waals surface area contributed by atoms with Gasteiger partial charge >= 0.3 is 0 Å². The molecule has 0 bridgehead atoms. The molecule has 0 aliphatic heterocycles. The van der Waals surface area contributed by atoms with Crippen molar-refractivity contribution in [3.05, 3.63) is 29.3 Å². The van der Waals surface area contributed by atoms with Gasteiger partial charge in [-0.2, -0.15) is 0 Å². The van der Waals surface area contributed by atoms with Crippen LogP contribution in [0.5, 0.6) is 0 Å². The predicted molar refractivity (Wildman–Crippen MR) is 84.3 cm³/mol. The highest BCUT2D eigenvalue weighted by Crippen LogP contribution is 2.22. The molecular weight excluding hydrogens is 240 g/mol. The molecule has 2 nitrogen and oxygen atoms in total. The fraction of sp³-hybridized carbons (Fsp3) is 0.533. The largest absolute Gasteiger partial charge is 0.358 e. The van der Waals surface area contributed by atoms with Gasteiger partial charge in [0.05, 0.1) is 0 Å². The highest BCUT2D eigenvalue weighted by Gasteiger charge is 2.13. The molecule has 0 spiro atoms. The molecule has 0 radical (unpaired) electrons. The maximum absolute atomic E-state index is 5.38. The summed E-state index contributed by atoms with van der Waals surface area (Å²) in [7, 11) is 0. The Hall–Kier alpha value is -1.09. The van der Waals surface area contributed by atoms with Gasteiger partial charge in [0.25, 0.3) is 0 Å². The fourth-order valence-electron chi connectivity index (χ4n) is 1.89. The molecule has 0 amide bonds. The third-order valence-corrected chi connectivity index (χ3v) is 2.93. The van der Waals surface area contributed by atoms with Crippen LogP contribution in [0.2, 0.25) is 0 Å². The zero-order valence-electron chi connectivity index (χ0n) is 12.1. The van der Waals surface area contributed by atoms with Crippen LogP contribution in [-0.4, -0.2) is 10.7 Å². The van der Waals surface area contributed by atoms with Gasteiger partial charge < -0.3 is 10.6 Å². The van der Waals surface area contributed by atoms with Crippen molar-refractivity contribution in [1.82, 2.24) is 5.32 Å². The number of aryl methyl sites for hydroxylation is 2. The molecule has 3 heteroatoms. The Morgan fingerprint density at radius 2 is 1.61 bits per heavy atom. The van der Waals surface area contributed by atoms with E-state index in [4.69, 9.17) is 12.2 Å². The molecule has 0 unspecified atom stereocenters. The van der Waals surface area contributed by atoms with E-state index in [-0.39, 0.29) is 5.54 Å². The minimum absolute atomic E-state index is 0.0163. The second kappa shape index (κ2) is 6.19. The molecule has 1 rings (SSSR count). The minimum atomic E-state index is -0.0163. The van der Waals surface area contributed by atoms with Crippen LogP contribution in [0.4, 0.5) is 5.69 Å². The summed E-state index contributed by atoms with van der Waals surface area (Å²) in [4.78, 5) is 0. The Morgan fingerprint density at radius 3 is 2.00 bits per heavy atom. The average molecular weight is 264 g/mol. The average Bonchev–Trinajstić information content (AvgIpc) is 2.26. The molecule has 100 valence electrons. The summed E-state index contributed by atoms with van der Waals surface area (Å²) in [5.41, 5.74) is 3.78. The van der Waals surface area contributed by atoms with Gasteiger partial charge in [0.1, 0.15) is 0 Å². The van der Waals surface area contributed by atoms with Crippen molar-refractivity contribution < 1.29 is 0 Å². The maximum Gasteiger partial charge on any atom is 0.171 e. The Labute approximate surface area is 116 Å². The van der Waals surface area contributed by atoms with Gasteiger partial charge in [-0.1, -0.05) is 32.0 Å². The highest BCUT2D eigenvalue weighted by atomic mass is 32.1. The van der Waals surface area contributed by atoms with Crippen molar-refractivity contribution in [3.63, 3.8) is 0 Å². The summed E-state index contributed by atoms with van der Waals surface area (Å²) in [5.74, 6) is 0. The van der Waals surface area contributed by atoms with E-state index < -0.39 is 0 Å². The van der Waals surface area contributed by atoms with Crippen LogP contribution in [0.1, 0.15) is 45.7 Å². The smallest absolute Gasteiger partial charge is 0.171 e. The first-order valence-corrected chi connectivity index (χ1v) is 6.98. The molecule has 1 aromatic carbocycles. The highest BCUT2D eigenvalue weighted by molar-refractivity contribution is 7.80. The van der Waals surface area contributed by atoms with Crippen LogP contribution in [-0.2, 0) is 12.8 Å². The Bertz CT molecular complexity index is 397. The van der Waals surface area contributed by atoms with Crippen LogP contribution >= 0.6 is 12.2 Å². The quantitative estimate of drug-likeness (QED) is 0.810. The SMILES string of the molecule is CCc1cccc(CC)c1NC(=S)NC(C)(C)C. The third-order valence-electron chi connectivity index (χ3n) is 2.73. The summed E-state index contributed by atoms with van der Waals surface area (Å²) in [6.45, 7) is 10.6. The Balaban J connectivity index is 2.92. The summed E-state index contributed by atoms with van der Waals surface area (Å²) >= 11 is 5.38. The standard InChI is InChI=1S/C15H24N2S/c1-6-11-9-8-10-12(7-2)13(11)16-14(18)17-15(3,4)5/h8-10H,6-7H2,1-5H3,(H2,16,17,18). The molecule has 0 atom stereocenters. The van der Waals surface area contributed by atoms with Crippen molar-refractivity contribution in [2.45, 2.75) is 53.0 Å². The lowest BCUT2D eigenvalue weighted by atomic mass is 10.0. The van der Waals surface area contributed by atoms with Crippen LogP contribution < -0.4 is 10.6 Å². The second-order valence-corrected chi connectivity index (χ2v) is 5.90. The molecule has 0 saturated heterocycles. The number of nitrogens with one attached hydrogen (secondary N) is 2. The lowest BCUT2D eigenvalue weighted by Crippen LogP contribution is -2.43. The number of hydrogen-bond donors (Lipinski definition) is 2. The van der Waals surface area contributed by atoms with E-state index in [1.54, 1.807) is 0 Å². The van der Waals surface area contributed by atoms with E-state index in [0.29, 0.717) is 5.11 Å². The van der Waals surface area contributed by atoms with Gasteiger partial charge in [0, 0.05) is 11.2 Å². The van der Waals surface area contributed by atoms with E-state index in [1.807, 2.05) is 0 Å². The molecule has 0 aliphatic carbocycles. The first-order chi connectivity index (χ1) is 8.37. The molecule has 0 heterocycles. The van der Waals surface area contributed by atoms with Gasteiger partial charge in [0.15, 0.2) is 5.11 Å². The zero-order valence-corrected chi connectivity index (χ0v) is 12.9. The number of thiocarbonyl (C=S) groups is 1. The van der Waals surface area contributed by atoms with Gasteiger partial charge in [-0.3, -0.25) is 0 Å². The lowest BCUT2D eigenvalue weighted by molar-refractivity contribution is 0.515. The third kappa shape index (κ3) is 4.30. The number of benzene rings is 1. The molecule has 1 aromatic rings. The molecule has 0 aromatic heterocycles. The van der Waals surface area contributed by atoms with Crippen LogP contribution in [0.3, 0.4) is 0 Å². The molecule has 0 saturated carbocycles. The van der Waals surface area contributed by atoms with Crippen molar-refractivity contribution in [1.29, 1.82) is 0 Å². The molecule has 0 fully saturated rings. The normalized spacial score (nSPS) is 11.2. The van der Waals surface area contributed by atoms with Crippen LogP contribution in [0, 0.1) is 0 Å². The molecule has 18 heavy (non-hydrogen) atoms. The van der Waals surface area contributed by atoms with Gasteiger partial charge in [-0.05, 0) is 57.0 Å². The summed E-state index contributed by atoms with van der Waals surface area (Å²) in [6.07, 6.45) is 2.02. The van der Waals surface area contributed by atoms with E-state index in [9.17, 15) is 0 Å². The second-order valence-electron chi connectivity index (χ2n) is 5.49. The Morgan fingerprint density at radius 1 is 1.11 bits per heavy atom. The van der Waals surface area contributed by atoms with E-state index >= 15 is 0 Å². The molecular formula is C15H24N2S. The van der Waals surface area contributed by atoms with Gasteiger partial charge in [-0.15, -0.1) is 0 Å². The topological polar surface area (TPSA) is 24.1 Å². The number of rotatable bonds is 3. The number of anilines is 1. The van der Waals surface area contributed by atoms with Gasteiger partial charge in [0.2, 0.25) is 0 Å². The van der Waals surface area contributed by atoms with Crippen molar-refractivity contribution >= 4 is 23.0 Å². The van der Waals surface area contributed by atoms with Crippen LogP contribution in [0.25, 0.3) is 0 Å². The minimum Gasteiger partial charge on any atom is -0.358 e. The summed E-state index contributed by atoms with van der Waals surface area (Å²) in [5, 5.41) is 7.34. The number of para-hydroxylation sites is 1. The maximum atomic E-state index is 5.38. The molecule has 2 N–H and O–H groups in total. The van der Waals surface area contributed by atoms with Crippen molar-refractivity contribution in [2.24, 2.45) is 0 Å². The van der Waals surface area contributed by atoms with E-state index in [1.165, 1.54) is 16.8 Å². The summed E-state index contributed by atoms with van der Waals surface area (Å²) < 4.78 is 0. The zero-order chi connectivity index (χ0) is 13.8. The predicted octanol–water partition coefficient (Wildman–Crippen LogP) is 3.90.